The van der Waals surface area contributed by atoms with Gasteiger partial charge in [0.25, 0.3) is 5.56 Å². The standard InChI is InChI=1S/C20H20FN7O2/c1-20(2,3)13-8-16-27(10-15(29)25-14-5-4-11(21)9-24-14)19(30)17-12(22)6-7-23-18(17)28(16)26-13/h4-9H,10H2,1-3H3,(H2,22,23)(H,24,25,29). The van der Waals surface area contributed by atoms with E-state index in [1.54, 1.807) is 6.07 Å². The molecule has 0 bridgehead atoms. The Bertz CT molecular complexity index is 1330. The van der Waals surface area contributed by atoms with Gasteiger partial charge in [0.1, 0.15) is 29.2 Å². The minimum atomic E-state index is -0.516. The Labute approximate surface area is 170 Å². The number of nitrogens with one attached hydrogen (secondary N) is 1. The topological polar surface area (TPSA) is 120 Å². The van der Waals surface area contributed by atoms with Gasteiger partial charge in [0.2, 0.25) is 5.91 Å². The van der Waals surface area contributed by atoms with E-state index in [9.17, 15) is 14.0 Å². The van der Waals surface area contributed by atoms with Gasteiger partial charge in [-0.3, -0.25) is 14.2 Å². The summed E-state index contributed by atoms with van der Waals surface area (Å²) in [7, 11) is 0. The molecule has 154 valence electrons. The average molecular weight is 409 g/mol. The number of nitrogen functional groups attached to an aromatic ring is 1. The molecule has 0 unspecified atom stereocenters. The van der Waals surface area contributed by atoms with Crippen molar-refractivity contribution in [3.8, 4) is 0 Å². The number of nitrogens with zero attached hydrogens (tertiary/aromatic N) is 5. The number of amides is 1. The fourth-order valence-electron chi connectivity index (χ4n) is 3.10. The van der Waals surface area contributed by atoms with E-state index < -0.39 is 17.3 Å². The maximum Gasteiger partial charge on any atom is 0.265 e. The SMILES string of the molecule is CC(C)(C)c1cc2n(CC(=O)Nc3ccc(F)cn3)c(=O)c3c(N)ccnc3n2n1. The molecule has 1 amide bonds. The van der Waals surface area contributed by atoms with Crippen LogP contribution in [0.1, 0.15) is 26.5 Å². The van der Waals surface area contributed by atoms with Crippen LogP contribution in [0.15, 0.2) is 41.5 Å². The lowest BCUT2D eigenvalue weighted by atomic mass is 9.93. The summed E-state index contributed by atoms with van der Waals surface area (Å²) in [6, 6.07) is 5.80. The zero-order chi connectivity index (χ0) is 21.6. The summed E-state index contributed by atoms with van der Waals surface area (Å²) in [6.45, 7) is 5.68. The lowest BCUT2D eigenvalue weighted by Crippen LogP contribution is -2.30. The van der Waals surface area contributed by atoms with Crippen molar-refractivity contribution in [1.82, 2.24) is 24.1 Å². The Morgan fingerprint density at radius 1 is 1.23 bits per heavy atom. The molecule has 9 nitrogen and oxygen atoms in total. The fourth-order valence-corrected chi connectivity index (χ4v) is 3.10. The third kappa shape index (κ3) is 3.36. The van der Waals surface area contributed by atoms with Crippen molar-refractivity contribution in [3.05, 3.63) is 58.5 Å². The van der Waals surface area contributed by atoms with E-state index in [1.165, 1.54) is 33.5 Å². The zero-order valence-electron chi connectivity index (χ0n) is 16.7. The normalized spacial score (nSPS) is 11.9. The molecule has 3 N–H and O–H groups in total. The molecule has 0 saturated carbocycles. The van der Waals surface area contributed by atoms with Crippen molar-refractivity contribution in [2.24, 2.45) is 0 Å². The average Bonchev–Trinajstić information content (AvgIpc) is 3.13. The number of hydrogen-bond donors (Lipinski definition) is 2. The molecule has 4 aromatic rings. The van der Waals surface area contributed by atoms with Gasteiger partial charge in [0, 0.05) is 23.4 Å². The molecule has 0 atom stereocenters. The molecule has 0 radical (unpaired) electrons. The van der Waals surface area contributed by atoms with E-state index in [0.717, 1.165) is 11.9 Å². The predicted molar refractivity (Wildman–Crippen MR) is 111 cm³/mol. The highest BCUT2D eigenvalue weighted by Crippen LogP contribution is 2.24. The van der Waals surface area contributed by atoms with Crippen LogP contribution >= 0.6 is 0 Å². The largest absolute Gasteiger partial charge is 0.398 e. The molecule has 10 heteroatoms. The van der Waals surface area contributed by atoms with Crippen LogP contribution in [-0.2, 0) is 16.8 Å². The highest BCUT2D eigenvalue weighted by molar-refractivity contribution is 5.91. The second-order valence-corrected chi connectivity index (χ2v) is 7.95. The van der Waals surface area contributed by atoms with E-state index in [2.05, 4.69) is 20.4 Å². The molecule has 0 aromatic carbocycles. The summed E-state index contributed by atoms with van der Waals surface area (Å²) < 4.78 is 15.9. The van der Waals surface area contributed by atoms with Gasteiger partial charge >= 0.3 is 0 Å². The third-order valence-electron chi connectivity index (χ3n) is 4.65. The molecule has 0 fully saturated rings. The Balaban J connectivity index is 1.86. The number of aromatic nitrogens is 5. The van der Waals surface area contributed by atoms with Gasteiger partial charge in [0.05, 0.1) is 11.9 Å². The number of nitrogens with two attached hydrogens (primary N) is 1. The molecule has 0 saturated heterocycles. The Hall–Kier alpha value is -3.82. The second-order valence-electron chi connectivity index (χ2n) is 7.95. The maximum absolute atomic E-state index is 13.2. The van der Waals surface area contributed by atoms with Crippen molar-refractivity contribution >= 4 is 34.1 Å². The molecule has 4 rings (SSSR count). The van der Waals surface area contributed by atoms with E-state index in [1.807, 2.05) is 20.8 Å². The first kappa shape index (κ1) is 19.5. The number of hydrogen-bond acceptors (Lipinski definition) is 6. The number of pyridine rings is 2. The predicted octanol–water partition coefficient (Wildman–Crippen LogP) is 2.10. The van der Waals surface area contributed by atoms with Gasteiger partial charge in [-0.1, -0.05) is 20.8 Å². The lowest BCUT2D eigenvalue weighted by molar-refractivity contribution is -0.116. The first-order valence-corrected chi connectivity index (χ1v) is 9.24. The van der Waals surface area contributed by atoms with Crippen molar-refractivity contribution in [1.29, 1.82) is 0 Å². The minimum absolute atomic E-state index is 0.177. The Kier molecular flexibility index (Phi) is 4.49. The van der Waals surface area contributed by atoms with Crippen LogP contribution < -0.4 is 16.6 Å². The highest BCUT2D eigenvalue weighted by atomic mass is 19.1. The quantitative estimate of drug-likeness (QED) is 0.535. The number of fused-ring (bicyclic) bond motifs is 3. The van der Waals surface area contributed by atoms with Crippen LogP contribution in [0.2, 0.25) is 0 Å². The molecular weight excluding hydrogens is 389 g/mol. The smallest absolute Gasteiger partial charge is 0.265 e. The Morgan fingerprint density at radius 3 is 2.67 bits per heavy atom. The van der Waals surface area contributed by atoms with Gasteiger partial charge in [-0.25, -0.2) is 14.4 Å². The summed E-state index contributed by atoms with van der Waals surface area (Å²) in [4.78, 5) is 33.9. The van der Waals surface area contributed by atoms with Crippen molar-refractivity contribution in [2.75, 3.05) is 11.1 Å². The molecule has 0 aliphatic rings. The summed E-state index contributed by atoms with van der Waals surface area (Å²) in [6.07, 6.45) is 2.50. The van der Waals surface area contributed by atoms with Crippen molar-refractivity contribution in [3.63, 3.8) is 0 Å². The minimum Gasteiger partial charge on any atom is -0.398 e. The first-order valence-electron chi connectivity index (χ1n) is 9.24. The van der Waals surface area contributed by atoms with Crippen LogP contribution in [0, 0.1) is 5.82 Å². The fraction of sp³-hybridized carbons (Fsp3) is 0.250. The van der Waals surface area contributed by atoms with Gasteiger partial charge in [-0.2, -0.15) is 9.61 Å². The molecule has 4 heterocycles. The zero-order valence-corrected chi connectivity index (χ0v) is 16.7. The number of carbonyl (C=O) groups excluding carboxylic acids is 1. The monoisotopic (exact) mass is 409 g/mol. The van der Waals surface area contributed by atoms with Crippen molar-refractivity contribution in [2.45, 2.75) is 32.7 Å². The molecule has 0 aliphatic carbocycles. The summed E-state index contributed by atoms with van der Waals surface area (Å²) in [5.41, 5.74) is 7.00. The second kappa shape index (κ2) is 6.90. The van der Waals surface area contributed by atoms with Gasteiger partial charge in [0.15, 0.2) is 5.65 Å². The van der Waals surface area contributed by atoms with Gasteiger partial charge < -0.3 is 11.1 Å². The molecule has 30 heavy (non-hydrogen) atoms. The number of anilines is 2. The molecular formula is C20H20FN7O2. The van der Waals surface area contributed by atoms with Crippen LogP contribution in [0.4, 0.5) is 15.9 Å². The lowest BCUT2D eigenvalue weighted by Gasteiger charge is -2.13. The Morgan fingerprint density at radius 2 is 2.00 bits per heavy atom. The van der Waals surface area contributed by atoms with Crippen LogP contribution in [0.3, 0.4) is 0 Å². The van der Waals surface area contributed by atoms with Gasteiger partial charge in [-0.05, 0) is 18.2 Å². The van der Waals surface area contributed by atoms with E-state index in [-0.39, 0.29) is 28.9 Å². The third-order valence-corrected chi connectivity index (χ3v) is 4.65. The van der Waals surface area contributed by atoms with Crippen LogP contribution in [0.25, 0.3) is 16.7 Å². The van der Waals surface area contributed by atoms with E-state index in [0.29, 0.717) is 11.3 Å². The van der Waals surface area contributed by atoms with E-state index >= 15 is 0 Å². The van der Waals surface area contributed by atoms with Gasteiger partial charge in [-0.15, -0.1) is 0 Å². The van der Waals surface area contributed by atoms with Crippen LogP contribution in [0.5, 0.6) is 0 Å². The van der Waals surface area contributed by atoms with Crippen LogP contribution in [-0.4, -0.2) is 30.1 Å². The number of rotatable bonds is 3. The maximum atomic E-state index is 13.2. The first-order chi connectivity index (χ1) is 14.1. The summed E-state index contributed by atoms with van der Waals surface area (Å²) >= 11 is 0. The van der Waals surface area contributed by atoms with E-state index in [4.69, 9.17) is 5.73 Å². The highest BCUT2D eigenvalue weighted by Gasteiger charge is 2.23. The molecule has 0 spiro atoms. The molecule has 4 aromatic heterocycles. The number of halogens is 1. The van der Waals surface area contributed by atoms with Crippen molar-refractivity contribution < 1.29 is 9.18 Å². The molecule has 0 aliphatic heterocycles. The summed E-state index contributed by atoms with van der Waals surface area (Å²) in [5, 5.41) is 7.35. The number of carbonyl (C=O) groups is 1. The summed E-state index contributed by atoms with van der Waals surface area (Å²) in [5.74, 6) is -0.841.